The maximum Gasteiger partial charge on any atom is 0.251 e. The number of aromatic hydroxyl groups is 1. The highest BCUT2D eigenvalue weighted by Crippen LogP contribution is 2.10. The summed E-state index contributed by atoms with van der Waals surface area (Å²) < 4.78 is 0. The lowest BCUT2D eigenvalue weighted by Crippen LogP contribution is -2.25. The molecule has 2 aromatic rings. The van der Waals surface area contributed by atoms with Crippen molar-refractivity contribution in [2.24, 2.45) is 0 Å². The van der Waals surface area contributed by atoms with E-state index < -0.39 is 0 Å². The fourth-order valence-electron chi connectivity index (χ4n) is 1.63. The van der Waals surface area contributed by atoms with Crippen molar-refractivity contribution in [3.05, 3.63) is 58.9 Å². The van der Waals surface area contributed by atoms with Crippen LogP contribution < -0.4 is 5.32 Å². The van der Waals surface area contributed by atoms with E-state index in [2.05, 4.69) is 10.3 Å². The molecule has 0 radical (unpaired) electrons. The Balaban J connectivity index is 1.86. The van der Waals surface area contributed by atoms with Gasteiger partial charge in [0.05, 0.1) is 0 Å². The molecule has 0 fully saturated rings. The number of halogens is 1. The quantitative estimate of drug-likeness (QED) is 0.843. The van der Waals surface area contributed by atoms with Crippen LogP contribution in [0.5, 0.6) is 5.75 Å². The monoisotopic (exact) mass is 276 g/mol. The van der Waals surface area contributed by atoms with Crippen molar-refractivity contribution >= 4 is 17.5 Å². The first-order chi connectivity index (χ1) is 9.15. The van der Waals surface area contributed by atoms with Crippen LogP contribution in [-0.2, 0) is 6.42 Å². The minimum Gasteiger partial charge on any atom is -0.508 e. The molecule has 19 heavy (non-hydrogen) atoms. The molecule has 1 aromatic heterocycles. The number of phenolic OH excluding ortho intramolecular Hbond substituents is 1. The lowest BCUT2D eigenvalue weighted by Gasteiger charge is -2.05. The van der Waals surface area contributed by atoms with Gasteiger partial charge in [-0.3, -0.25) is 4.79 Å². The van der Waals surface area contributed by atoms with E-state index in [1.54, 1.807) is 18.2 Å². The summed E-state index contributed by atoms with van der Waals surface area (Å²) in [5, 5.41) is 12.3. The largest absolute Gasteiger partial charge is 0.508 e. The third-order valence-corrected chi connectivity index (χ3v) is 2.83. The number of carbonyl (C=O) groups is 1. The number of carbonyl (C=O) groups excluding carboxylic acids is 1. The molecule has 0 unspecified atom stereocenters. The van der Waals surface area contributed by atoms with Gasteiger partial charge in [0.15, 0.2) is 0 Å². The molecule has 0 bridgehead atoms. The molecule has 0 atom stereocenters. The van der Waals surface area contributed by atoms with Gasteiger partial charge in [-0.15, -0.1) is 0 Å². The number of hydrogen-bond acceptors (Lipinski definition) is 3. The first-order valence-electron chi connectivity index (χ1n) is 5.83. The van der Waals surface area contributed by atoms with Crippen LogP contribution in [0.2, 0.25) is 5.15 Å². The number of amides is 1. The van der Waals surface area contributed by atoms with Gasteiger partial charge < -0.3 is 10.4 Å². The van der Waals surface area contributed by atoms with Crippen LogP contribution in [0.15, 0.2) is 42.6 Å². The summed E-state index contributed by atoms with van der Waals surface area (Å²) in [6.07, 6.45) is 2.20. The molecule has 5 heteroatoms. The molecule has 2 rings (SSSR count). The molecule has 0 saturated carbocycles. The molecule has 1 aromatic carbocycles. The van der Waals surface area contributed by atoms with Crippen molar-refractivity contribution in [1.29, 1.82) is 0 Å². The van der Waals surface area contributed by atoms with E-state index in [1.165, 1.54) is 12.3 Å². The highest BCUT2D eigenvalue weighted by molar-refractivity contribution is 6.29. The number of benzene rings is 1. The van der Waals surface area contributed by atoms with E-state index in [4.69, 9.17) is 16.7 Å². The number of aromatic nitrogens is 1. The SMILES string of the molecule is O=C(NCCc1ccc(O)cc1)c1ccnc(Cl)c1. The molecular weight excluding hydrogens is 264 g/mol. The Morgan fingerprint density at radius 3 is 2.68 bits per heavy atom. The van der Waals surface area contributed by atoms with Gasteiger partial charge >= 0.3 is 0 Å². The standard InChI is InChI=1S/C14H13ClN2O2/c15-13-9-11(6-8-16-13)14(19)17-7-5-10-1-3-12(18)4-2-10/h1-4,6,8-9,18H,5,7H2,(H,17,19). The van der Waals surface area contributed by atoms with Crippen molar-refractivity contribution in [3.63, 3.8) is 0 Å². The fourth-order valence-corrected chi connectivity index (χ4v) is 1.80. The summed E-state index contributed by atoms with van der Waals surface area (Å²) in [4.78, 5) is 15.6. The topological polar surface area (TPSA) is 62.2 Å². The number of rotatable bonds is 4. The van der Waals surface area contributed by atoms with E-state index in [1.807, 2.05) is 12.1 Å². The van der Waals surface area contributed by atoms with Crippen LogP contribution in [0, 0.1) is 0 Å². The van der Waals surface area contributed by atoms with Gasteiger partial charge in [0.25, 0.3) is 5.91 Å². The zero-order valence-electron chi connectivity index (χ0n) is 10.1. The summed E-state index contributed by atoms with van der Waals surface area (Å²) in [5.74, 6) is 0.0577. The van der Waals surface area contributed by atoms with E-state index >= 15 is 0 Å². The van der Waals surface area contributed by atoms with E-state index in [0.717, 1.165) is 5.56 Å². The Hall–Kier alpha value is -2.07. The maximum absolute atomic E-state index is 11.8. The van der Waals surface area contributed by atoms with E-state index in [0.29, 0.717) is 23.7 Å². The third kappa shape index (κ3) is 3.96. The molecule has 1 amide bonds. The Morgan fingerprint density at radius 2 is 2.00 bits per heavy atom. The summed E-state index contributed by atoms with van der Waals surface area (Å²) in [6, 6.07) is 10.0. The van der Waals surface area contributed by atoms with Gasteiger partial charge in [-0.05, 0) is 36.2 Å². The Labute approximate surface area is 116 Å². The van der Waals surface area contributed by atoms with Gasteiger partial charge in [-0.2, -0.15) is 0 Å². The van der Waals surface area contributed by atoms with Crippen LogP contribution in [0.3, 0.4) is 0 Å². The molecule has 0 saturated heterocycles. The molecule has 2 N–H and O–H groups in total. The minimum absolute atomic E-state index is 0.178. The van der Waals surface area contributed by atoms with Crippen LogP contribution in [0.1, 0.15) is 15.9 Å². The Bertz CT molecular complexity index is 570. The summed E-state index contributed by atoms with van der Waals surface area (Å²) in [5.41, 5.74) is 1.54. The van der Waals surface area contributed by atoms with Crippen molar-refractivity contribution in [1.82, 2.24) is 10.3 Å². The molecule has 0 spiro atoms. The van der Waals surface area contributed by atoms with Crippen LogP contribution in [0.25, 0.3) is 0 Å². The second-order valence-electron chi connectivity index (χ2n) is 4.04. The first-order valence-corrected chi connectivity index (χ1v) is 6.20. The molecular formula is C14H13ClN2O2. The van der Waals surface area contributed by atoms with Crippen molar-refractivity contribution in [2.75, 3.05) is 6.54 Å². The van der Waals surface area contributed by atoms with Gasteiger partial charge in [-0.1, -0.05) is 23.7 Å². The zero-order valence-corrected chi connectivity index (χ0v) is 10.9. The van der Waals surface area contributed by atoms with Gasteiger partial charge in [0.2, 0.25) is 0 Å². The van der Waals surface area contributed by atoms with E-state index in [-0.39, 0.29) is 11.7 Å². The number of nitrogens with zero attached hydrogens (tertiary/aromatic N) is 1. The number of nitrogens with one attached hydrogen (secondary N) is 1. The van der Waals surface area contributed by atoms with Crippen molar-refractivity contribution < 1.29 is 9.90 Å². The molecule has 4 nitrogen and oxygen atoms in total. The maximum atomic E-state index is 11.8. The van der Waals surface area contributed by atoms with Gasteiger partial charge in [0, 0.05) is 18.3 Å². The second kappa shape index (κ2) is 6.20. The predicted molar refractivity (Wildman–Crippen MR) is 73.4 cm³/mol. The fraction of sp³-hybridized carbons (Fsp3) is 0.143. The second-order valence-corrected chi connectivity index (χ2v) is 4.43. The third-order valence-electron chi connectivity index (χ3n) is 2.62. The average Bonchev–Trinajstić information content (AvgIpc) is 2.41. The highest BCUT2D eigenvalue weighted by Gasteiger charge is 2.05. The lowest BCUT2D eigenvalue weighted by molar-refractivity contribution is 0.0954. The van der Waals surface area contributed by atoms with Crippen molar-refractivity contribution in [2.45, 2.75) is 6.42 Å². The zero-order chi connectivity index (χ0) is 13.7. The molecule has 1 heterocycles. The number of phenols is 1. The molecule has 0 aliphatic carbocycles. The van der Waals surface area contributed by atoms with Gasteiger partial charge in [-0.25, -0.2) is 4.98 Å². The number of hydrogen-bond donors (Lipinski definition) is 2. The Morgan fingerprint density at radius 1 is 1.26 bits per heavy atom. The smallest absolute Gasteiger partial charge is 0.251 e. The lowest BCUT2D eigenvalue weighted by atomic mass is 10.1. The molecule has 0 aliphatic heterocycles. The minimum atomic E-state index is -0.178. The molecule has 98 valence electrons. The van der Waals surface area contributed by atoms with Crippen molar-refractivity contribution in [3.8, 4) is 5.75 Å². The number of pyridine rings is 1. The summed E-state index contributed by atoms with van der Waals surface area (Å²) in [7, 11) is 0. The van der Waals surface area contributed by atoms with E-state index in [9.17, 15) is 4.79 Å². The summed E-state index contributed by atoms with van der Waals surface area (Å²) in [6.45, 7) is 0.517. The molecule has 0 aliphatic rings. The normalized spacial score (nSPS) is 10.2. The first kappa shape index (κ1) is 13.4. The summed E-state index contributed by atoms with van der Waals surface area (Å²) >= 11 is 5.72. The van der Waals surface area contributed by atoms with Crippen LogP contribution in [-0.4, -0.2) is 22.5 Å². The average molecular weight is 277 g/mol. The van der Waals surface area contributed by atoms with Crippen LogP contribution in [0.4, 0.5) is 0 Å². The highest BCUT2D eigenvalue weighted by atomic mass is 35.5. The van der Waals surface area contributed by atoms with Crippen LogP contribution >= 0.6 is 11.6 Å². The predicted octanol–water partition coefficient (Wildman–Crippen LogP) is 2.41. The van der Waals surface area contributed by atoms with Gasteiger partial charge in [0.1, 0.15) is 10.9 Å². The Kier molecular flexibility index (Phi) is 4.36.